The van der Waals surface area contributed by atoms with Crippen LogP contribution in [0.2, 0.25) is 0 Å². The van der Waals surface area contributed by atoms with Crippen molar-refractivity contribution in [3.05, 3.63) is 48.0 Å². The summed E-state index contributed by atoms with van der Waals surface area (Å²) in [6, 6.07) is 4.56. The molecule has 0 unspecified atom stereocenters. The van der Waals surface area contributed by atoms with Crippen LogP contribution in [0.3, 0.4) is 0 Å². The first-order chi connectivity index (χ1) is 13.1. The predicted molar refractivity (Wildman–Crippen MR) is 81.6 cm³/mol. The van der Waals surface area contributed by atoms with Crippen molar-refractivity contribution in [2.24, 2.45) is 5.16 Å². The molecule has 17 heteroatoms. The average molecular weight is 471 g/mol. The second-order valence-electron chi connectivity index (χ2n) is 5.05. The molecule has 0 bridgehead atoms. The van der Waals surface area contributed by atoms with Gasteiger partial charge in [0, 0.05) is 18.0 Å². The van der Waals surface area contributed by atoms with Gasteiger partial charge < -0.3 is 4.84 Å². The van der Waals surface area contributed by atoms with Crippen molar-refractivity contribution >= 4 is 26.3 Å². The summed E-state index contributed by atoms with van der Waals surface area (Å²) in [7, 11) is -12.7. The maximum absolute atomic E-state index is 13.5. The summed E-state index contributed by atoms with van der Waals surface area (Å²) in [6.45, 7) is 0. The van der Waals surface area contributed by atoms with Crippen LogP contribution in [-0.2, 0) is 24.9 Å². The topological polar surface area (TPSA) is 96.4 Å². The van der Waals surface area contributed by atoms with Crippen LogP contribution in [0.25, 0.3) is 0 Å². The number of nitrogens with zero attached hydrogens (tertiary/aromatic N) is 3. The summed E-state index contributed by atoms with van der Waals surface area (Å²) >= 11 is 0. The van der Waals surface area contributed by atoms with Gasteiger partial charge in [0.25, 0.3) is 0 Å². The first kappa shape index (κ1) is 22.7. The summed E-state index contributed by atoms with van der Waals surface area (Å²) in [5.74, 6) is -0.913. The number of rotatable bonds is 5. The van der Waals surface area contributed by atoms with Gasteiger partial charge in [0.2, 0.25) is 0 Å². The molecule has 0 fully saturated rings. The van der Waals surface area contributed by atoms with Crippen LogP contribution in [0.4, 0.5) is 30.7 Å². The molecular weight excluding hydrogens is 463 g/mol. The molecule has 0 radical (unpaired) electrons. The quantitative estimate of drug-likeness (QED) is 0.373. The standard InChI is InChI=1S/C12H8F7N3O5S2/c13-9-4-2-1-3-8(9)7-20-27-10-21(28(23,24)11(14,15)16)5-6-22(10)29(25,26)12(17,18)19/h1-7,10H/b20-7+. The number of hydrogen-bond donors (Lipinski definition) is 0. The molecule has 29 heavy (non-hydrogen) atoms. The maximum atomic E-state index is 13.5. The summed E-state index contributed by atoms with van der Waals surface area (Å²) in [6.07, 6.45) is -2.76. The normalized spacial score (nSPS) is 16.8. The molecule has 1 aromatic rings. The lowest BCUT2D eigenvalue weighted by Crippen LogP contribution is -2.51. The maximum Gasteiger partial charge on any atom is 0.516 e. The molecule has 0 aromatic heterocycles. The third-order valence-electron chi connectivity index (χ3n) is 3.19. The van der Waals surface area contributed by atoms with Gasteiger partial charge in [0.05, 0.1) is 6.21 Å². The molecule has 0 saturated heterocycles. The molecule has 1 aliphatic heterocycles. The zero-order valence-electron chi connectivity index (χ0n) is 13.5. The van der Waals surface area contributed by atoms with E-state index in [0.29, 0.717) is 6.21 Å². The van der Waals surface area contributed by atoms with E-state index in [9.17, 15) is 47.6 Å². The minimum absolute atomic E-state index is 0.102. The van der Waals surface area contributed by atoms with Gasteiger partial charge in [-0.15, -0.1) is 0 Å². The molecule has 0 saturated carbocycles. The van der Waals surface area contributed by atoms with E-state index in [1.807, 2.05) is 0 Å². The summed E-state index contributed by atoms with van der Waals surface area (Å²) in [5.41, 5.74) is -12.4. The van der Waals surface area contributed by atoms with Crippen molar-refractivity contribution in [1.29, 1.82) is 0 Å². The molecule has 0 aliphatic carbocycles. The highest BCUT2D eigenvalue weighted by atomic mass is 32.2. The van der Waals surface area contributed by atoms with Crippen molar-refractivity contribution in [2.75, 3.05) is 0 Å². The summed E-state index contributed by atoms with van der Waals surface area (Å²) < 4.78 is 134. The van der Waals surface area contributed by atoms with Crippen LogP contribution < -0.4 is 0 Å². The van der Waals surface area contributed by atoms with E-state index in [0.717, 1.165) is 12.1 Å². The lowest BCUT2D eigenvalue weighted by atomic mass is 10.2. The number of benzene rings is 1. The highest BCUT2D eigenvalue weighted by Crippen LogP contribution is 2.37. The van der Waals surface area contributed by atoms with Crippen LogP contribution in [0.5, 0.6) is 0 Å². The van der Waals surface area contributed by atoms with Gasteiger partial charge in [-0.1, -0.05) is 23.4 Å². The molecule has 0 spiro atoms. The number of sulfonamides is 2. The van der Waals surface area contributed by atoms with Gasteiger partial charge >= 0.3 is 37.4 Å². The van der Waals surface area contributed by atoms with Crippen LogP contribution in [0, 0.1) is 5.82 Å². The Labute approximate surface area is 158 Å². The molecular formula is C12H8F7N3O5S2. The third-order valence-corrected chi connectivity index (χ3v) is 6.07. The molecule has 162 valence electrons. The zero-order valence-corrected chi connectivity index (χ0v) is 15.1. The SMILES string of the molecule is O=S(=O)(N1C=CN(S(=O)(=O)C(F)(F)F)C1O/N=C/c1ccccc1F)C(F)(F)F. The highest BCUT2D eigenvalue weighted by Gasteiger charge is 2.59. The number of halogens is 7. The molecule has 0 atom stereocenters. The van der Waals surface area contributed by atoms with Crippen molar-refractivity contribution in [2.45, 2.75) is 17.4 Å². The molecule has 2 rings (SSSR count). The predicted octanol–water partition coefficient (Wildman–Crippen LogP) is 2.25. The van der Waals surface area contributed by atoms with E-state index in [1.165, 1.54) is 12.1 Å². The Morgan fingerprint density at radius 3 is 1.76 bits per heavy atom. The van der Waals surface area contributed by atoms with Crippen molar-refractivity contribution in [3.8, 4) is 0 Å². The molecule has 1 aromatic carbocycles. The minimum Gasteiger partial charge on any atom is -0.345 e. The van der Waals surface area contributed by atoms with E-state index in [2.05, 4.69) is 9.99 Å². The molecule has 8 nitrogen and oxygen atoms in total. The minimum atomic E-state index is -6.37. The van der Waals surface area contributed by atoms with E-state index < -0.39 is 51.8 Å². The van der Waals surface area contributed by atoms with Gasteiger partial charge in [-0.2, -0.15) is 43.2 Å². The average Bonchev–Trinajstić information content (AvgIpc) is 2.99. The fourth-order valence-electron chi connectivity index (χ4n) is 1.84. The highest BCUT2D eigenvalue weighted by molar-refractivity contribution is 7.91. The zero-order chi connectivity index (χ0) is 22.3. The van der Waals surface area contributed by atoms with Crippen molar-refractivity contribution < 1.29 is 52.4 Å². The Kier molecular flexibility index (Phi) is 5.77. The van der Waals surface area contributed by atoms with Crippen LogP contribution in [0.15, 0.2) is 41.8 Å². The first-order valence-electron chi connectivity index (χ1n) is 6.92. The second kappa shape index (κ2) is 7.36. The van der Waals surface area contributed by atoms with Crippen molar-refractivity contribution in [1.82, 2.24) is 8.61 Å². The molecule has 0 N–H and O–H groups in total. The van der Waals surface area contributed by atoms with Gasteiger partial charge in [0.15, 0.2) is 0 Å². The number of alkyl halides is 6. The molecule has 1 aliphatic rings. The fraction of sp³-hybridized carbons (Fsp3) is 0.250. The van der Waals surface area contributed by atoms with Gasteiger partial charge in [0.1, 0.15) is 5.82 Å². The Bertz CT molecular complexity index is 981. The second-order valence-corrected chi connectivity index (χ2v) is 8.72. The van der Waals surface area contributed by atoms with E-state index in [-0.39, 0.29) is 18.0 Å². The Balaban J connectivity index is 2.45. The lowest BCUT2D eigenvalue weighted by Gasteiger charge is -2.29. The lowest BCUT2D eigenvalue weighted by molar-refractivity contribution is -0.0822. The van der Waals surface area contributed by atoms with E-state index >= 15 is 0 Å². The Hall–Kier alpha value is -2.56. The summed E-state index contributed by atoms with van der Waals surface area (Å²) in [4.78, 5) is 4.28. The van der Waals surface area contributed by atoms with E-state index in [1.54, 1.807) is 0 Å². The Morgan fingerprint density at radius 1 is 0.897 bits per heavy atom. The number of oxime groups is 1. The summed E-state index contributed by atoms with van der Waals surface area (Å²) in [5, 5.41) is 2.92. The van der Waals surface area contributed by atoms with Crippen LogP contribution in [-0.4, -0.2) is 49.0 Å². The van der Waals surface area contributed by atoms with Gasteiger partial charge in [-0.05, 0) is 6.07 Å². The molecule has 1 heterocycles. The fourth-order valence-corrected chi connectivity index (χ4v) is 3.56. The largest absolute Gasteiger partial charge is 0.516 e. The van der Waals surface area contributed by atoms with Crippen molar-refractivity contribution in [3.63, 3.8) is 0 Å². The first-order valence-corrected chi connectivity index (χ1v) is 9.80. The van der Waals surface area contributed by atoms with Gasteiger partial charge in [-0.3, -0.25) is 0 Å². The van der Waals surface area contributed by atoms with Crippen LogP contribution in [0.1, 0.15) is 5.56 Å². The smallest absolute Gasteiger partial charge is 0.345 e. The molecule has 0 amide bonds. The van der Waals surface area contributed by atoms with Crippen LogP contribution >= 0.6 is 0 Å². The number of hydrogen-bond acceptors (Lipinski definition) is 6. The van der Waals surface area contributed by atoms with E-state index in [4.69, 9.17) is 0 Å². The third kappa shape index (κ3) is 4.24. The van der Waals surface area contributed by atoms with Gasteiger partial charge in [-0.25, -0.2) is 13.0 Å². The monoisotopic (exact) mass is 471 g/mol. The Morgan fingerprint density at radius 2 is 1.34 bits per heavy atom.